The van der Waals surface area contributed by atoms with Gasteiger partial charge in [-0.25, -0.2) is 0 Å². The third-order valence-corrected chi connectivity index (χ3v) is 2.31. The van der Waals surface area contributed by atoms with Gasteiger partial charge in [0, 0.05) is 18.1 Å². The van der Waals surface area contributed by atoms with Gasteiger partial charge in [0.05, 0.1) is 5.52 Å². The average Bonchev–Trinajstić information content (AvgIpc) is 2.47. The Bertz CT molecular complexity index is 441. The molecule has 0 spiro atoms. The molecule has 0 aliphatic carbocycles. The summed E-state index contributed by atoms with van der Waals surface area (Å²) in [5, 5.41) is 5.74. The molecule has 0 N–H and O–H groups in total. The van der Waals surface area contributed by atoms with E-state index in [-0.39, 0.29) is 0 Å². The topological polar surface area (TPSA) is 17.8 Å². The molecule has 0 saturated carbocycles. The van der Waals surface area contributed by atoms with Crippen molar-refractivity contribution >= 4 is 10.9 Å². The van der Waals surface area contributed by atoms with Crippen molar-refractivity contribution < 1.29 is 0 Å². The first-order chi connectivity index (χ1) is 6.20. The van der Waals surface area contributed by atoms with Gasteiger partial charge in [0.1, 0.15) is 0 Å². The summed E-state index contributed by atoms with van der Waals surface area (Å²) >= 11 is 0. The van der Waals surface area contributed by atoms with E-state index in [1.54, 1.807) is 0 Å². The second kappa shape index (κ2) is 2.87. The van der Waals surface area contributed by atoms with Gasteiger partial charge in [0.15, 0.2) is 0 Å². The minimum atomic E-state index is 0.938. The number of nitrogens with zero attached hydrogens (tertiary/aromatic N) is 2. The molecule has 2 aromatic rings. The van der Waals surface area contributed by atoms with Crippen LogP contribution in [0.3, 0.4) is 0 Å². The van der Waals surface area contributed by atoms with Crippen molar-refractivity contribution in [2.75, 3.05) is 0 Å². The van der Waals surface area contributed by atoms with Crippen molar-refractivity contribution in [1.82, 2.24) is 9.78 Å². The Morgan fingerprint density at radius 2 is 2.08 bits per heavy atom. The number of rotatable bonds is 1. The Morgan fingerprint density at radius 3 is 2.77 bits per heavy atom. The summed E-state index contributed by atoms with van der Waals surface area (Å²) in [7, 11) is 0. The maximum absolute atomic E-state index is 4.49. The van der Waals surface area contributed by atoms with E-state index in [4.69, 9.17) is 0 Å². The molecule has 1 heterocycles. The van der Waals surface area contributed by atoms with Crippen LogP contribution >= 0.6 is 0 Å². The van der Waals surface area contributed by atoms with Gasteiger partial charge >= 0.3 is 0 Å². The van der Waals surface area contributed by atoms with Gasteiger partial charge in [-0.05, 0) is 32.4 Å². The molecule has 0 aliphatic heterocycles. The maximum Gasteiger partial charge on any atom is 0.0952 e. The highest BCUT2D eigenvalue weighted by Crippen LogP contribution is 2.18. The summed E-state index contributed by atoms with van der Waals surface area (Å²) in [6, 6.07) is 4.36. The molecule has 2 nitrogen and oxygen atoms in total. The largest absolute Gasteiger partial charge is 0.272 e. The van der Waals surface area contributed by atoms with Crippen LogP contribution in [0.4, 0.5) is 0 Å². The minimum Gasteiger partial charge on any atom is -0.272 e. The van der Waals surface area contributed by atoms with E-state index >= 15 is 0 Å². The molecule has 2 heteroatoms. The summed E-state index contributed by atoms with van der Waals surface area (Å²) in [5.74, 6) is 0. The molecule has 68 valence electrons. The van der Waals surface area contributed by atoms with Crippen molar-refractivity contribution in [3.63, 3.8) is 0 Å². The van der Waals surface area contributed by atoms with Crippen LogP contribution in [0.15, 0.2) is 18.3 Å². The molecule has 0 radical (unpaired) electrons. The standard InChI is InChI=1S/C11H14N2/c1-4-13-7-10-6-8(2)5-9(3)11(10)12-13/h5-7H,4H2,1-3H3. The van der Waals surface area contributed by atoms with Crippen LogP contribution in [0.2, 0.25) is 0 Å². The number of benzene rings is 1. The molecular formula is C11H14N2. The predicted molar refractivity (Wildman–Crippen MR) is 54.9 cm³/mol. The van der Waals surface area contributed by atoms with E-state index in [0.29, 0.717) is 0 Å². The molecule has 0 unspecified atom stereocenters. The monoisotopic (exact) mass is 174 g/mol. The molecule has 0 fully saturated rings. The Kier molecular flexibility index (Phi) is 1.83. The fourth-order valence-electron chi connectivity index (χ4n) is 1.71. The van der Waals surface area contributed by atoms with Crippen molar-refractivity contribution in [3.05, 3.63) is 29.5 Å². The Hall–Kier alpha value is -1.31. The van der Waals surface area contributed by atoms with Crippen molar-refractivity contribution in [2.24, 2.45) is 0 Å². The number of hydrogen-bond acceptors (Lipinski definition) is 1. The highest BCUT2D eigenvalue weighted by atomic mass is 15.3. The third kappa shape index (κ3) is 1.32. The van der Waals surface area contributed by atoms with E-state index in [0.717, 1.165) is 12.1 Å². The highest BCUT2D eigenvalue weighted by molar-refractivity contribution is 5.82. The zero-order chi connectivity index (χ0) is 9.42. The van der Waals surface area contributed by atoms with Gasteiger partial charge < -0.3 is 0 Å². The molecule has 0 amide bonds. The predicted octanol–water partition coefficient (Wildman–Crippen LogP) is 2.67. The fraction of sp³-hybridized carbons (Fsp3) is 0.364. The quantitative estimate of drug-likeness (QED) is 0.650. The molecule has 0 atom stereocenters. The number of fused-ring (bicyclic) bond motifs is 1. The molecule has 13 heavy (non-hydrogen) atoms. The number of aryl methyl sites for hydroxylation is 3. The molecule has 2 rings (SSSR count). The van der Waals surface area contributed by atoms with Crippen LogP contribution in [0.25, 0.3) is 10.9 Å². The highest BCUT2D eigenvalue weighted by Gasteiger charge is 2.02. The van der Waals surface area contributed by atoms with Crippen molar-refractivity contribution in [3.8, 4) is 0 Å². The molecule has 1 aromatic heterocycles. The SMILES string of the molecule is CCn1cc2cc(C)cc(C)c2n1. The van der Waals surface area contributed by atoms with Crippen LogP contribution in [0.5, 0.6) is 0 Å². The second-order valence-electron chi connectivity index (χ2n) is 3.50. The summed E-state index contributed by atoms with van der Waals surface area (Å²) in [4.78, 5) is 0. The lowest BCUT2D eigenvalue weighted by atomic mass is 10.1. The zero-order valence-corrected chi connectivity index (χ0v) is 8.33. The summed E-state index contributed by atoms with van der Waals surface area (Å²) < 4.78 is 1.98. The first-order valence-corrected chi connectivity index (χ1v) is 4.65. The van der Waals surface area contributed by atoms with E-state index in [1.807, 2.05) is 4.68 Å². The van der Waals surface area contributed by atoms with Gasteiger partial charge in [0.25, 0.3) is 0 Å². The summed E-state index contributed by atoms with van der Waals surface area (Å²) in [6.07, 6.45) is 2.11. The zero-order valence-electron chi connectivity index (χ0n) is 8.33. The molecule has 0 aliphatic rings. The number of hydrogen-bond donors (Lipinski definition) is 0. The number of aromatic nitrogens is 2. The third-order valence-electron chi connectivity index (χ3n) is 2.31. The van der Waals surface area contributed by atoms with Crippen LogP contribution in [-0.2, 0) is 6.54 Å². The van der Waals surface area contributed by atoms with E-state index in [2.05, 4.69) is 44.2 Å². The average molecular weight is 174 g/mol. The second-order valence-corrected chi connectivity index (χ2v) is 3.50. The Morgan fingerprint density at radius 1 is 1.31 bits per heavy atom. The molecular weight excluding hydrogens is 160 g/mol. The molecule has 0 bridgehead atoms. The minimum absolute atomic E-state index is 0.938. The van der Waals surface area contributed by atoms with Gasteiger partial charge in [-0.2, -0.15) is 5.10 Å². The summed E-state index contributed by atoms with van der Waals surface area (Å²) in [6.45, 7) is 7.28. The Labute approximate surface area is 78.2 Å². The lowest BCUT2D eigenvalue weighted by molar-refractivity contribution is 0.667. The normalized spacial score (nSPS) is 11.0. The lowest BCUT2D eigenvalue weighted by Crippen LogP contribution is -1.92. The summed E-state index contributed by atoms with van der Waals surface area (Å²) in [5.41, 5.74) is 3.70. The van der Waals surface area contributed by atoms with Gasteiger partial charge in [-0.3, -0.25) is 4.68 Å². The lowest BCUT2D eigenvalue weighted by Gasteiger charge is -1.95. The van der Waals surface area contributed by atoms with Gasteiger partial charge in [0.2, 0.25) is 0 Å². The smallest absolute Gasteiger partial charge is 0.0952 e. The van der Waals surface area contributed by atoms with Crippen LogP contribution in [-0.4, -0.2) is 9.78 Å². The van der Waals surface area contributed by atoms with Gasteiger partial charge in [-0.15, -0.1) is 0 Å². The van der Waals surface area contributed by atoms with Crippen LogP contribution in [0, 0.1) is 13.8 Å². The fourth-order valence-corrected chi connectivity index (χ4v) is 1.71. The molecule has 1 aromatic carbocycles. The van der Waals surface area contributed by atoms with E-state index in [9.17, 15) is 0 Å². The van der Waals surface area contributed by atoms with Crippen molar-refractivity contribution in [2.45, 2.75) is 27.3 Å². The first kappa shape index (κ1) is 8.30. The van der Waals surface area contributed by atoms with E-state index in [1.165, 1.54) is 16.5 Å². The van der Waals surface area contributed by atoms with Gasteiger partial charge in [-0.1, -0.05) is 11.6 Å². The molecule has 0 saturated heterocycles. The van der Waals surface area contributed by atoms with Crippen LogP contribution in [0.1, 0.15) is 18.1 Å². The van der Waals surface area contributed by atoms with E-state index < -0.39 is 0 Å². The van der Waals surface area contributed by atoms with Crippen molar-refractivity contribution in [1.29, 1.82) is 0 Å². The first-order valence-electron chi connectivity index (χ1n) is 4.65. The van der Waals surface area contributed by atoms with Crippen LogP contribution < -0.4 is 0 Å². The maximum atomic E-state index is 4.49. The Balaban J connectivity index is 2.75.